The fourth-order valence-electron chi connectivity index (χ4n) is 9.05. The average molecular weight is 962 g/mol. The predicted molar refractivity (Wildman–Crippen MR) is 260 cm³/mol. The molecule has 1 aliphatic heterocycles. The van der Waals surface area contributed by atoms with Gasteiger partial charge in [-0.2, -0.15) is 0 Å². The van der Waals surface area contributed by atoms with Crippen molar-refractivity contribution in [2.24, 2.45) is 29.6 Å². The highest BCUT2D eigenvalue weighted by atomic mass is 32.1. The van der Waals surface area contributed by atoms with Crippen LogP contribution in [-0.2, 0) is 54.1 Å². The summed E-state index contributed by atoms with van der Waals surface area (Å²) in [6, 6.07) is 7.52. The molecule has 0 radical (unpaired) electrons. The molecule has 17 nitrogen and oxygen atoms in total. The van der Waals surface area contributed by atoms with Crippen molar-refractivity contribution >= 4 is 35.0 Å². The van der Waals surface area contributed by atoms with Gasteiger partial charge in [-0.3, -0.25) is 24.1 Å². The van der Waals surface area contributed by atoms with Gasteiger partial charge in [0, 0.05) is 45.9 Å². The number of likely N-dealkylation sites (tertiary alicyclic amines) is 1. The Hall–Kier alpha value is -3.59. The minimum atomic E-state index is -0.826. The second-order valence-corrected chi connectivity index (χ2v) is 19.2. The molecule has 380 valence electrons. The molecule has 4 amide bonds. The minimum absolute atomic E-state index is 0.0203. The maximum atomic E-state index is 14.6. The first-order valence-electron chi connectivity index (χ1n) is 24.0. The summed E-state index contributed by atoms with van der Waals surface area (Å²) in [6.45, 7) is 17.6. The standard InChI is InChI=1S/C49H83N7O10S/c1-12-35(6)44(55(9)49(60)42(33(2)3)53-47(59)43(34(4)5)54(8)22-23-63-24-25-64-26-27-65-28-29-66-50)40(61-10)32-41(57)56-21-16-19-39(56)45(62-11)36(7)46(58)52-38(48-51-20-30-67-48)31-37-17-14-13-15-18-37/h13-15,17-18,20,30,33-36,38-40,42-45H,12,16,19,21-29,31-32,50H2,1-11H3,(H,52,58)(H,53,59)/t35-,36+,38-,39-,40+,42-,43?,44-,45+/m0/s1. The number of carbonyl (C=O) groups is 4. The van der Waals surface area contributed by atoms with Gasteiger partial charge in [0.05, 0.1) is 95.0 Å². The third-order valence-corrected chi connectivity index (χ3v) is 13.8. The highest BCUT2D eigenvalue weighted by Gasteiger charge is 2.43. The number of likely N-dealkylation sites (N-methyl/N-ethyl adjacent to an activating group) is 2. The minimum Gasteiger partial charge on any atom is -0.379 e. The number of benzene rings is 1. The van der Waals surface area contributed by atoms with Crippen molar-refractivity contribution < 1.29 is 47.7 Å². The lowest BCUT2D eigenvalue weighted by Gasteiger charge is -2.41. The van der Waals surface area contributed by atoms with Crippen molar-refractivity contribution in [3.63, 3.8) is 0 Å². The van der Waals surface area contributed by atoms with Crippen LogP contribution >= 0.6 is 11.3 Å². The zero-order chi connectivity index (χ0) is 49.5. The van der Waals surface area contributed by atoms with Gasteiger partial charge in [-0.05, 0) is 49.6 Å². The van der Waals surface area contributed by atoms with Crippen molar-refractivity contribution in [3.05, 3.63) is 52.5 Å². The molecule has 0 bridgehead atoms. The van der Waals surface area contributed by atoms with Crippen LogP contribution in [0.15, 0.2) is 41.9 Å². The number of hydrogen-bond donors (Lipinski definition) is 3. The van der Waals surface area contributed by atoms with E-state index in [0.29, 0.717) is 72.2 Å². The molecule has 1 aromatic carbocycles. The zero-order valence-corrected chi connectivity index (χ0v) is 43.0. The van der Waals surface area contributed by atoms with E-state index in [4.69, 9.17) is 29.6 Å². The Balaban J connectivity index is 1.68. The molecule has 1 fully saturated rings. The molecule has 0 saturated carbocycles. The van der Waals surface area contributed by atoms with Gasteiger partial charge >= 0.3 is 0 Å². The number of nitrogens with zero attached hydrogens (tertiary/aromatic N) is 4. The molecule has 3 rings (SSSR count). The summed E-state index contributed by atoms with van der Waals surface area (Å²) in [7, 11) is 6.79. The SMILES string of the molecule is CC[C@H](C)[C@@H]([C@@H](CC(=O)N1CCC[C@H]1[C@H](OC)[C@@H](C)C(=O)N[C@@H](Cc1ccccc1)c1nccs1)OC)N(C)C(=O)[C@@H](NC(=O)C(C(C)C)N(C)CCOCCOCCOCCON)C(C)C. The van der Waals surface area contributed by atoms with Crippen LogP contribution in [0.1, 0.15) is 90.8 Å². The van der Waals surface area contributed by atoms with Crippen LogP contribution in [0.3, 0.4) is 0 Å². The number of hydrogen-bond acceptors (Lipinski definition) is 14. The highest BCUT2D eigenvalue weighted by molar-refractivity contribution is 7.09. The number of rotatable bonds is 33. The van der Waals surface area contributed by atoms with Crippen LogP contribution in [0.5, 0.6) is 0 Å². The molecule has 18 heteroatoms. The van der Waals surface area contributed by atoms with Crippen LogP contribution < -0.4 is 16.5 Å². The topological polar surface area (TPSA) is 196 Å². The third kappa shape index (κ3) is 18.0. The molecule has 1 unspecified atom stereocenters. The first-order chi connectivity index (χ1) is 32.1. The molecular weight excluding hydrogens is 879 g/mol. The normalized spacial score (nSPS) is 17.8. The van der Waals surface area contributed by atoms with Crippen LogP contribution in [0.4, 0.5) is 0 Å². The number of thiazole rings is 1. The van der Waals surface area contributed by atoms with Gasteiger partial charge in [0.25, 0.3) is 0 Å². The summed E-state index contributed by atoms with van der Waals surface area (Å²) in [5.74, 6) is 3.27. The quantitative estimate of drug-likeness (QED) is 0.0669. The number of methoxy groups -OCH3 is 2. The van der Waals surface area contributed by atoms with Crippen molar-refractivity contribution in [1.29, 1.82) is 0 Å². The van der Waals surface area contributed by atoms with Gasteiger partial charge in [0.1, 0.15) is 11.0 Å². The first-order valence-corrected chi connectivity index (χ1v) is 24.9. The van der Waals surface area contributed by atoms with Crippen LogP contribution in [0, 0.1) is 23.7 Å². The lowest BCUT2D eigenvalue weighted by Crippen LogP contribution is -2.60. The molecule has 2 aromatic rings. The third-order valence-electron chi connectivity index (χ3n) is 12.9. The zero-order valence-electron chi connectivity index (χ0n) is 42.1. The maximum Gasteiger partial charge on any atom is 0.245 e. The molecule has 9 atom stereocenters. The van der Waals surface area contributed by atoms with E-state index in [2.05, 4.69) is 27.4 Å². The molecular formula is C49H83N7O10S. The molecule has 2 heterocycles. The van der Waals surface area contributed by atoms with Gasteiger partial charge in [0.2, 0.25) is 23.6 Å². The summed E-state index contributed by atoms with van der Waals surface area (Å²) in [4.78, 5) is 71.6. The Labute approximate surface area is 404 Å². The molecule has 0 spiro atoms. The number of nitrogens with one attached hydrogen (secondary N) is 2. The molecule has 0 aliphatic carbocycles. The summed E-state index contributed by atoms with van der Waals surface area (Å²) in [5.41, 5.74) is 1.08. The smallest absolute Gasteiger partial charge is 0.245 e. The van der Waals surface area contributed by atoms with Crippen LogP contribution in [0.2, 0.25) is 0 Å². The van der Waals surface area contributed by atoms with E-state index in [1.165, 1.54) is 11.3 Å². The molecule has 1 saturated heterocycles. The first kappa shape index (κ1) is 57.7. The van der Waals surface area contributed by atoms with Crippen molar-refractivity contribution in [2.45, 2.75) is 123 Å². The van der Waals surface area contributed by atoms with Gasteiger partial charge in [-0.15, -0.1) is 11.3 Å². The fraction of sp³-hybridized carbons (Fsp3) is 0.735. The molecule has 4 N–H and O–H groups in total. The van der Waals surface area contributed by atoms with Crippen LogP contribution in [0.25, 0.3) is 0 Å². The molecule has 1 aromatic heterocycles. The van der Waals surface area contributed by atoms with E-state index in [1.807, 2.05) is 94.1 Å². The highest BCUT2D eigenvalue weighted by Crippen LogP contribution is 2.31. The second-order valence-electron chi connectivity index (χ2n) is 18.3. The number of carbonyl (C=O) groups excluding carboxylic acids is 4. The number of amides is 4. The summed E-state index contributed by atoms with van der Waals surface area (Å²) >= 11 is 1.50. The van der Waals surface area contributed by atoms with E-state index in [-0.39, 0.29) is 59.9 Å². The van der Waals surface area contributed by atoms with E-state index in [1.54, 1.807) is 32.4 Å². The van der Waals surface area contributed by atoms with Crippen LogP contribution in [-0.4, -0.2) is 167 Å². The monoisotopic (exact) mass is 962 g/mol. The van der Waals surface area contributed by atoms with Crippen molar-refractivity contribution in [1.82, 2.24) is 30.3 Å². The van der Waals surface area contributed by atoms with Gasteiger partial charge < -0.3 is 49.0 Å². The summed E-state index contributed by atoms with van der Waals surface area (Å²) in [5, 5.41) is 9.07. The Bertz CT molecular complexity index is 1710. The fourth-order valence-corrected chi connectivity index (χ4v) is 9.74. The molecule has 67 heavy (non-hydrogen) atoms. The Morgan fingerprint density at radius 1 is 0.866 bits per heavy atom. The maximum absolute atomic E-state index is 14.6. The van der Waals surface area contributed by atoms with Crippen molar-refractivity contribution in [3.8, 4) is 0 Å². The number of aromatic nitrogens is 1. The lowest BCUT2D eigenvalue weighted by molar-refractivity contribution is -0.148. The van der Waals surface area contributed by atoms with E-state index < -0.39 is 36.3 Å². The van der Waals surface area contributed by atoms with Gasteiger partial charge in [-0.1, -0.05) is 85.2 Å². The summed E-state index contributed by atoms with van der Waals surface area (Å²) < 4.78 is 28.8. The Kier molecular flexibility index (Phi) is 26.5. The lowest BCUT2D eigenvalue weighted by atomic mass is 9.89. The summed E-state index contributed by atoms with van der Waals surface area (Å²) in [6.07, 6.45) is 3.30. The number of nitrogens with two attached hydrogens (primary N) is 1. The largest absolute Gasteiger partial charge is 0.379 e. The second kappa shape index (κ2) is 30.8. The molecule has 1 aliphatic rings. The van der Waals surface area contributed by atoms with Gasteiger partial charge in [-0.25, -0.2) is 10.9 Å². The Morgan fingerprint density at radius 2 is 1.51 bits per heavy atom. The predicted octanol–water partition coefficient (Wildman–Crippen LogP) is 4.50. The average Bonchev–Trinajstić information content (AvgIpc) is 4.03. The number of ether oxygens (including phenoxy) is 5. The van der Waals surface area contributed by atoms with E-state index in [9.17, 15) is 19.2 Å². The van der Waals surface area contributed by atoms with E-state index >= 15 is 0 Å². The van der Waals surface area contributed by atoms with Crippen molar-refractivity contribution in [2.75, 3.05) is 87.7 Å². The van der Waals surface area contributed by atoms with E-state index in [0.717, 1.165) is 23.4 Å². The Morgan fingerprint density at radius 3 is 2.06 bits per heavy atom. The van der Waals surface area contributed by atoms with Gasteiger partial charge in [0.15, 0.2) is 0 Å².